The highest BCUT2D eigenvalue weighted by Crippen LogP contribution is 2.36. The van der Waals surface area contributed by atoms with Gasteiger partial charge in [-0.05, 0) is 35.5 Å². The number of hydrogen-bond acceptors (Lipinski definition) is 0. The van der Waals surface area contributed by atoms with E-state index in [0.29, 0.717) is 0 Å². The lowest BCUT2D eigenvalue weighted by Crippen LogP contribution is -2.29. The van der Waals surface area contributed by atoms with E-state index in [9.17, 15) is 0 Å². The van der Waals surface area contributed by atoms with Crippen LogP contribution in [0.25, 0.3) is 0 Å². The van der Waals surface area contributed by atoms with Gasteiger partial charge in [-0.1, -0.05) is 155 Å². The lowest BCUT2D eigenvalue weighted by Gasteiger charge is -2.32. The van der Waals surface area contributed by atoms with Crippen LogP contribution in [0.1, 0.15) is 122 Å². The van der Waals surface area contributed by atoms with E-state index in [4.69, 9.17) is 0 Å². The molecule has 0 aliphatic carbocycles. The molecule has 0 radical (unpaired) electrons. The first kappa shape index (κ1) is 31.5. The lowest BCUT2D eigenvalue weighted by molar-refractivity contribution is 0.331. The van der Waals surface area contributed by atoms with Crippen LogP contribution in [0.2, 0.25) is 15.8 Å². The third-order valence-corrected chi connectivity index (χ3v) is 11.9. The van der Waals surface area contributed by atoms with Crippen molar-refractivity contribution in [2.45, 2.75) is 137 Å². The van der Waals surface area contributed by atoms with Crippen molar-refractivity contribution in [1.82, 2.24) is 0 Å². The Morgan fingerprint density at radius 1 is 0.355 bits per heavy atom. The number of hydrogen-bond donors (Lipinski definition) is 0. The Hall–Kier alpha value is 0.532. The maximum absolute atomic E-state index is 2.51. The molecular formula is C30H63Al. The summed E-state index contributed by atoms with van der Waals surface area (Å²) in [6.07, 6.45) is 8.67. The molecule has 0 rings (SSSR count). The maximum Gasteiger partial charge on any atom is 0.262 e. The molecule has 1 heteroatoms. The minimum absolute atomic E-state index is 0.765. The second-order valence-electron chi connectivity index (χ2n) is 13.5. The Balaban J connectivity index is 5.47. The molecule has 0 amide bonds. The molecule has 0 saturated heterocycles. The van der Waals surface area contributed by atoms with Gasteiger partial charge in [0.15, 0.2) is 0 Å². The van der Waals surface area contributed by atoms with E-state index in [-0.39, 0.29) is 0 Å². The molecule has 3 unspecified atom stereocenters. The van der Waals surface area contributed by atoms with Crippen molar-refractivity contribution >= 4 is 14.1 Å². The van der Waals surface area contributed by atoms with E-state index in [0.717, 1.165) is 53.3 Å². The summed E-state index contributed by atoms with van der Waals surface area (Å²) >= 11 is -0.765. The fourth-order valence-corrected chi connectivity index (χ4v) is 10.9. The third-order valence-electron chi connectivity index (χ3n) is 8.08. The van der Waals surface area contributed by atoms with Gasteiger partial charge in [0.25, 0.3) is 14.1 Å². The minimum Gasteiger partial charge on any atom is -0.0908 e. The zero-order chi connectivity index (χ0) is 24.1. The standard InChI is InChI=1S/3C10H21.Al/c3*1-8(2)6-7-10(5)9(3)4;/h3*8-10H,5-7H2,1-4H3;. The van der Waals surface area contributed by atoms with Gasteiger partial charge in [0.05, 0.1) is 0 Å². The summed E-state index contributed by atoms with van der Waals surface area (Å²) in [6.45, 7) is 29.5. The highest BCUT2D eigenvalue weighted by atomic mass is 27.2. The summed E-state index contributed by atoms with van der Waals surface area (Å²) in [6, 6.07) is 0. The molecule has 31 heavy (non-hydrogen) atoms. The molecule has 0 aliphatic rings. The summed E-state index contributed by atoms with van der Waals surface area (Å²) in [4.78, 5) is 0. The molecule has 0 heterocycles. The van der Waals surface area contributed by atoms with Crippen LogP contribution in [-0.4, -0.2) is 14.1 Å². The van der Waals surface area contributed by atoms with Crippen LogP contribution in [0.4, 0.5) is 0 Å². The van der Waals surface area contributed by atoms with Crippen molar-refractivity contribution in [3.8, 4) is 0 Å². The molecule has 0 spiro atoms. The first-order valence-corrected chi connectivity index (χ1v) is 16.8. The summed E-state index contributed by atoms with van der Waals surface area (Å²) in [5, 5.41) is 4.83. The van der Waals surface area contributed by atoms with E-state index in [1.807, 2.05) is 0 Å². The van der Waals surface area contributed by atoms with E-state index in [1.54, 1.807) is 15.8 Å². The lowest BCUT2D eigenvalue weighted by atomic mass is 9.89. The average molecular weight is 451 g/mol. The molecular weight excluding hydrogens is 387 g/mol. The SMILES string of the molecule is CC(C)CCC([CH2][Al]([CH2]C(CCC(C)C)C(C)C)[CH2]C(CCC(C)C)C(C)C)C(C)C. The molecule has 0 aromatic rings. The fourth-order valence-electron chi connectivity index (χ4n) is 5.39. The highest BCUT2D eigenvalue weighted by Gasteiger charge is 2.31. The van der Waals surface area contributed by atoms with Gasteiger partial charge in [0.1, 0.15) is 0 Å². The van der Waals surface area contributed by atoms with Crippen molar-refractivity contribution in [2.24, 2.45) is 53.3 Å². The molecule has 0 bridgehead atoms. The normalized spacial score (nSPS) is 15.7. The van der Waals surface area contributed by atoms with E-state index in [2.05, 4.69) is 83.1 Å². The first-order chi connectivity index (χ1) is 14.3. The van der Waals surface area contributed by atoms with Gasteiger partial charge in [-0.2, -0.15) is 0 Å². The zero-order valence-electron chi connectivity index (χ0n) is 24.1. The monoisotopic (exact) mass is 450 g/mol. The van der Waals surface area contributed by atoms with Gasteiger partial charge in [-0.25, -0.2) is 0 Å². The quantitative estimate of drug-likeness (QED) is 0.182. The molecule has 0 aromatic carbocycles. The summed E-state index contributed by atoms with van der Waals surface area (Å²) in [7, 11) is 0. The van der Waals surface area contributed by atoms with Crippen LogP contribution in [-0.2, 0) is 0 Å². The molecule has 0 aromatic heterocycles. The second kappa shape index (κ2) is 17.0. The first-order valence-electron chi connectivity index (χ1n) is 14.3. The van der Waals surface area contributed by atoms with Crippen LogP contribution >= 0.6 is 0 Å². The number of rotatable bonds is 18. The van der Waals surface area contributed by atoms with Gasteiger partial charge in [0.2, 0.25) is 0 Å². The van der Waals surface area contributed by atoms with Gasteiger partial charge in [0, 0.05) is 0 Å². The molecule has 0 nitrogen and oxygen atoms in total. The predicted molar refractivity (Wildman–Crippen MR) is 147 cm³/mol. The average Bonchev–Trinajstić information content (AvgIpc) is 2.63. The van der Waals surface area contributed by atoms with Gasteiger partial charge >= 0.3 is 0 Å². The summed E-state index contributed by atoms with van der Waals surface area (Å²) < 4.78 is 0. The summed E-state index contributed by atoms with van der Waals surface area (Å²) in [5.74, 6) is 8.03. The Morgan fingerprint density at radius 2 is 0.581 bits per heavy atom. The molecule has 0 aliphatic heterocycles. The fraction of sp³-hybridized carbons (Fsp3) is 1.00. The highest BCUT2D eigenvalue weighted by molar-refractivity contribution is 6.59. The Labute approximate surface area is 204 Å². The summed E-state index contributed by atoms with van der Waals surface area (Å²) in [5.41, 5.74) is 0. The Kier molecular flexibility index (Phi) is 17.3. The smallest absolute Gasteiger partial charge is 0.0908 e. The van der Waals surface area contributed by atoms with Crippen LogP contribution in [0.15, 0.2) is 0 Å². The molecule has 0 N–H and O–H groups in total. The van der Waals surface area contributed by atoms with Crippen molar-refractivity contribution in [2.75, 3.05) is 0 Å². The Bertz CT molecular complexity index is 345. The van der Waals surface area contributed by atoms with Crippen molar-refractivity contribution in [1.29, 1.82) is 0 Å². The second-order valence-corrected chi connectivity index (χ2v) is 16.6. The third kappa shape index (κ3) is 15.9. The van der Waals surface area contributed by atoms with Crippen LogP contribution in [0, 0.1) is 53.3 Å². The van der Waals surface area contributed by atoms with Gasteiger partial charge in [-0.15, -0.1) is 0 Å². The maximum atomic E-state index is 2.51. The Morgan fingerprint density at radius 3 is 0.742 bits per heavy atom. The van der Waals surface area contributed by atoms with Gasteiger partial charge in [-0.3, -0.25) is 0 Å². The van der Waals surface area contributed by atoms with E-state index >= 15 is 0 Å². The molecule has 0 fully saturated rings. The molecule has 186 valence electrons. The van der Waals surface area contributed by atoms with Crippen LogP contribution < -0.4 is 0 Å². The topological polar surface area (TPSA) is 0 Å². The van der Waals surface area contributed by atoms with Crippen molar-refractivity contribution in [3.05, 3.63) is 0 Å². The zero-order valence-corrected chi connectivity index (χ0v) is 25.3. The van der Waals surface area contributed by atoms with Crippen LogP contribution in [0.3, 0.4) is 0 Å². The van der Waals surface area contributed by atoms with Crippen molar-refractivity contribution < 1.29 is 0 Å². The minimum atomic E-state index is -0.765. The van der Waals surface area contributed by atoms with Gasteiger partial charge < -0.3 is 0 Å². The van der Waals surface area contributed by atoms with E-state index < -0.39 is 14.1 Å². The van der Waals surface area contributed by atoms with Crippen molar-refractivity contribution in [3.63, 3.8) is 0 Å². The molecule has 3 atom stereocenters. The van der Waals surface area contributed by atoms with Crippen LogP contribution in [0.5, 0.6) is 0 Å². The molecule has 0 saturated carbocycles. The predicted octanol–water partition coefficient (Wildman–Crippen LogP) is 10.6. The van der Waals surface area contributed by atoms with E-state index in [1.165, 1.54) is 38.5 Å². The largest absolute Gasteiger partial charge is 0.262 e.